The van der Waals surface area contributed by atoms with E-state index in [0.717, 1.165) is 36.9 Å². The number of methoxy groups -OCH3 is 2. The Morgan fingerprint density at radius 1 is 0.860 bits per heavy atom. The maximum atomic E-state index is 6.10. The van der Waals surface area contributed by atoms with Crippen molar-refractivity contribution in [3.05, 3.63) is 7.40 Å². The van der Waals surface area contributed by atoms with E-state index in [1.54, 1.807) is 7.11 Å². The number of nitrogens with zero attached hydrogens (tertiary/aromatic N) is 7. The van der Waals surface area contributed by atoms with Gasteiger partial charge in [0.15, 0.2) is 17.5 Å². The van der Waals surface area contributed by atoms with E-state index >= 15 is 0 Å². The fourth-order valence-corrected chi connectivity index (χ4v) is 6.83. The van der Waals surface area contributed by atoms with Gasteiger partial charge in [0.2, 0.25) is 23.7 Å². The highest BCUT2D eigenvalue weighted by Gasteiger charge is 2.34. The summed E-state index contributed by atoms with van der Waals surface area (Å²) in [6.07, 6.45) is 5.52. The van der Waals surface area contributed by atoms with Crippen LogP contribution >= 0.6 is 45.2 Å². The second-order valence-electron chi connectivity index (χ2n) is 10.7. The van der Waals surface area contributed by atoms with Crippen molar-refractivity contribution in [3.63, 3.8) is 0 Å². The Hall–Kier alpha value is -2.32. The van der Waals surface area contributed by atoms with Crippen LogP contribution in [0.5, 0.6) is 11.8 Å². The van der Waals surface area contributed by atoms with E-state index in [2.05, 4.69) is 115 Å². The summed E-state index contributed by atoms with van der Waals surface area (Å²) in [7, 11) is 3.10. The monoisotopic (exact) mass is 822 g/mol. The standard InChI is InChI=1S/C13H18IN5O2.C8H16O.C6H6IN5O/c1-4-7-6(2)5-8(21-7)19-11-9(10(14)18-19)12(20-3)17-13(15)16-11;1-4-8-6(2)5-7(3)9-8;1-13-5-2-3(7)11-12-4(2)9-6(8)10-5/h6-8H,4-5H2,1-3H3,(H2,15,16,17);6-8H,4-5H2,1-3H3;1H3,(H3,8,9,10,11,12). The first kappa shape index (κ1) is 33.6. The number of rotatable bonds is 5. The Bertz CT molecular complexity index is 1530. The highest BCUT2D eigenvalue weighted by molar-refractivity contribution is 14.1. The van der Waals surface area contributed by atoms with Crippen LogP contribution in [0.4, 0.5) is 11.9 Å². The number of hydrogen-bond acceptors (Lipinski definition) is 12. The number of nitrogens with two attached hydrogens (primary N) is 2. The maximum absolute atomic E-state index is 6.10. The number of H-pyrrole nitrogens is 1. The molecule has 6 atom stereocenters. The molecule has 6 rings (SSSR count). The summed E-state index contributed by atoms with van der Waals surface area (Å²) in [5.74, 6) is 2.51. The van der Waals surface area contributed by atoms with Crippen molar-refractivity contribution < 1.29 is 18.9 Å². The van der Waals surface area contributed by atoms with Crippen LogP contribution in [0.3, 0.4) is 0 Å². The van der Waals surface area contributed by atoms with E-state index in [0.29, 0.717) is 41.2 Å². The first-order valence-electron chi connectivity index (χ1n) is 14.3. The van der Waals surface area contributed by atoms with E-state index < -0.39 is 0 Å². The van der Waals surface area contributed by atoms with Gasteiger partial charge in [0.25, 0.3) is 0 Å². The van der Waals surface area contributed by atoms with Crippen LogP contribution in [-0.2, 0) is 9.47 Å². The summed E-state index contributed by atoms with van der Waals surface area (Å²) >= 11 is 4.25. The minimum Gasteiger partial charge on any atom is -0.480 e. The van der Waals surface area contributed by atoms with E-state index in [4.69, 9.17) is 30.4 Å². The Morgan fingerprint density at radius 3 is 1.98 bits per heavy atom. The van der Waals surface area contributed by atoms with E-state index in [9.17, 15) is 0 Å². The number of ether oxygens (including phenoxy) is 4. The van der Waals surface area contributed by atoms with Crippen molar-refractivity contribution in [2.75, 3.05) is 25.7 Å². The van der Waals surface area contributed by atoms with Gasteiger partial charge in [-0.2, -0.15) is 30.1 Å². The van der Waals surface area contributed by atoms with E-state index in [1.165, 1.54) is 20.0 Å². The highest BCUT2D eigenvalue weighted by atomic mass is 127. The SMILES string of the molecule is CCC1OC(C)CC1C.CCC1OC(n2nc(I)c3c(OC)nc(N)nc32)CC1C.COc1nc(N)nc2n[nH]c(I)c12. The summed E-state index contributed by atoms with van der Waals surface area (Å²) in [6, 6.07) is 0. The molecule has 0 saturated carbocycles. The Morgan fingerprint density at radius 2 is 1.44 bits per heavy atom. The third-order valence-electron chi connectivity index (χ3n) is 7.60. The van der Waals surface area contributed by atoms with Crippen molar-refractivity contribution in [2.45, 2.75) is 84.8 Å². The summed E-state index contributed by atoms with van der Waals surface area (Å²) in [5.41, 5.74) is 12.4. The Balaban J connectivity index is 0.000000163. The Kier molecular flexibility index (Phi) is 11.4. The molecule has 2 aliphatic heterocycles. The first-order chi connectivity index (χ1) is 20.5. The summed E-state index contributed by atoms with van der Waals surface area (Å²) in [4.78, 5) is 16.3. The molecule has 4 aromatic heterocycles. The number of nitrogens with one attached hydrogen (secondary N) is 1. The molecule has 6 unspecified atom stereocenters. The second-order valence-corrected chi connectivity index (χ2v) is 12.8. The van der Waals surface area contributed by atoms with Gasteiger partial charge in [-0.1, -0.05) is 27.7 Å². The number of fused-ring (bicyclic) bond motifs is 2. The summed E-state index contributed by atoms with van der Waals surface area (Å²) in [5, 5.41) is 12.8. The smallest absolute Gasteiger partial charge is 0.230 e. The van der Waals surface area contributed by atoms with Gasteiger partial charge in [-0.05, 0) is 89.6 Å². The summed E-state index contributed by atoms with van der Waals surface area (Å²) in [6.45, 7) is 11.0. The van der Waals surface area contributed by atoms with Gasteiger partial charge in [0.05, 0.1) is 32.5 Å². The molecule has 16 heteroatoms. The number of aromatic amines is 1. The molecule has 0 aromatic carbocycles. The number of anilines is 2. The van der Waals surface area contributed by atoms with Gasteiger partial charge in [-0.3, -0.25) is 5.10 Å². The van der Waals surface area contributed by atoms with Crippen molar-refractivity contribution in [2.24, 2.45) is 11.8 Å². The quantitative estimate of drug-likeness (QED) is 0.226. The number of halogens is 2. The topological polar surface area (TPSA) is 187 Å². The number of nitrogen functional groups attached to an aromatic ring is 2. The maximum Gasteiger partial charge on any atom is 0.230 e. The van der Waals surface area contributed by atoms with Crippen LogP contribution < -0.4 is 20.9 Å². The lowest BCUT2D eigenvalue weighted by Crippen LogP contribution is -2.14. The average molecular weight is 822 g/mol. The lowest BCUT2D eigenvalue weighted by atomic mass is 10.0. The zero-order chi connectivity index (χ0) is 31.4. The number of aromatic nitrogens is 8. The molecule has 6 heterocycles. The molecule has 2 fully saturated rings. The van der Waals surface area contributed by atoms with Crippen LogP contribution in [-0.4, -0.2) is 72.4 Å². The molecule has 43 heavy (non-hydrogen) atoms. The normalized spacial score (nSPS) is 24.9. The first-order valence-corrected chi connectivity index (χ1v) is 16.4. The van der Waals surface area contributed by atoms with Gasteiger partial charge < -0.3 is 30.4 Å². The fraction of sp³-hybridized carbons (Fsp3) is 0.630. The van der Waals surface area contributed by atoms with Crippen LogP contribution in [0.25, 0.3) is 22.1 Å². The van der Waals surface area contributed by atoms with Crippen LogP contribution in [0.2, 0.25) is 0 Å². The Labute approximate surface area is 278 Å². The molecule has 14 nitrogen and oxygen atoms in total. The minimum absolute atomic E-state index is 0.116. The zero-order valence-corrected chi connectivity index (χ0v) is 29.8. The molecular weight excluding hydrogens is 782 g/mol. The van der Waals surface area contributed by atoms with Crippen molar-refractivity contribution in [3.8, 4) is 11.8 Å². The molecule has 5 N–H and O–H groups in total. The van der Waals surface area contributed by atoms with Crippen molar-refractivity contribution >= 4 is 79.1 Å². The molecular formula is C27H40I2N10O4. The molecule has 0 aliphatic carbocycles. The van der Waals surface area contributed by atoms with Crippen LogP contribution in [0, 0.1) is 19.2 Å². The van der Waals surface area contributed by atoms with Crippen LogP contribution in [0.15, 0.2) is 0 Å². The van der Waals surface area contributed by atoms with Gasteiger partial charge in [-0.25, -0.2) is 4.68 Å². The molecule has 4 aromatic rings. The minimum atomic E-state index is -0.116. The fourth-order valence-electron chi connectivity index (χ4n) is 5.53. The molecule has 0 amide bonds. The summed E-state index contributed by atoms with van der Waals surface area (Å²) < 4.78 is 25.5. The second kappa shape index (κ2) is 14.6. The predicted molar refractivity (Wildman–Crippen MR) is 181 cm³/mol. The van der Waals surface area contributed by atoms with Gasteiger partial charge >= 0.3 is 0 Å². The van der Waals surface area contributed by atoms with Gasteiger partial charge in [0.1, 0.15) is 18.2 Å². The zero-order valence-electron chi connectivity index (χ0n) is 25.5. The van der Waals surface area contributed by atoms with Crippen LogP contribution in [0.1, 0.15) is 66.5 Å². The third kappa shape index (κ3) is 7.50. The van der Waals surface area contributed by atoms with E-state index in [-0.39, 0.29) is 24.2 Å². The third-order valence-corrected chi connectivity index (χ3v) is 9.13. The predicted octanol–water partition coefficient (Wildman–Crippen LogP) is 5.11. The lowest BCUT2D eigenvalue weighted by Gasteiger charge is -2.14. The van der Waals surface area contributed by atoms with Gasteiger partial charge in [-0.15, -0.1) is 0 Å². The molecule has 0 bridgehead atoms. The van der Waals surface area contributed by atoms with Crippen molar-refractivity contribution in [1.29, 1.82) is 0 Å². The molecule has 0 radical (unpaired) electrons. The molecule has 2 aliphatic rings. The average Bonchev–Trinajstić information content (AvgIpc) is 3.72. The molecule has 236 valence electrons. The number of hydrogen-bond donors (Lipinski definition) is 3. The van der Waals surface area contributed by atoms with Gasteiger partial charge in [0, 0.05) is 0 Å². The highest BCUT2D eigenvalue weighted by Crippen LogP contribution is 2.38. The lowest BCUT2D eigenvalue weighted by molar-refractivity contribution is -0.00964. The van der Waals surface area contributed by atoms with Crippen molar-refractivity contribution in [1.82, 2.24) is 39.9 Å². The largest absolute Gasteiger partial charge is 0.480 e. The molecule has 0 spiro atoms. The molecule has 2 saturated heterocycles. The van der Waals surface area contributed by atoms with E-state index in [1.807, 2.05) is 4.68 Å².